The van der Waals surface area contributed by atoms with Crippen molar-refractivity contribution >= 4 is 19.2 Å². The van der Waals surface area contributed by atoms with Crippen LogP contribution in [0.5, 0.6) is 5.75 Å². The standard InChI is InChI=1S/C15H15O4P/c1-2-18-20(17,14-9-4-3-5-10-14)19-15-11-7-6-8-13(15)12-16/h3-12H,2H2,1H3. The Morgan fingerprint density at radius 2 is 1.70 bits per heavy atom. The van der Waals surface area contributed by atoms with E-state index in [-0.39, 0.29) is 12.4 Å². The van der Waals surface area contributed by atoms with E-state index in [9.17, 15) is 9.36 Å². The number of benzene rings is 2. The Bertz CT molecular complexity index is 625. The number of rotatable bonds is 6. The molecule has 0 spiro atoms. The SMILES string of the molecule is CCOP(=O)(Oc1ccccc1C=O)c1ccccc1. The lowest BCUT2D eigenvalue weighted by Gasteiger charge is -2.19. The fourth-order valence-corrected chi connectivity index (χ4v) is 3.33. The van der Waals surface area contributed by atoms with Crippen molar-refractivity contribution in [1.82, 2.24) is 0 Å². The lowest BCUT2D eigenvalue weighted by molar-refractivity contribution is 0.112. The minimum absolute atomic E-state index is 0.245. The Balaban J connectivity index is 2.40. The van der Waals surface area contributed by atoms with Crippen LogP contribution >= 0.6 is 7.60 Å². The summed E-state index contributed by atoms with van der Waals surface area (Å²) in [5.41, 5.74) is 0.336. The Hall–Kier alpha value is -1.90. The number of aldehydes is 1. The zero-order valence-electron chi connectivity index (χ0n) is 11.1. The molecule has 2 rings (SSSR count). The minimum Gasteiger partial charge on any atom is -0.420 e. The third-order valence-electron chi connectivity index (χ3n) is 2.64. The predicted molar refractivity (Wildman–Crippen MR) is 77.8 cm³/mol. The third-order valence-corrected chi connectivity index (χ3v) is 4.60. The van der Waals surface area contributed by atoms with Gasteiger partial charge in [-0.1, -0.05) is 30.3 Å². The number of carbonyl (C=O) groups is 1. The van der Waals surface area contributed by atoms with Crippen LogP contribution in [0, 0.1) is 0 Å². The highest BCUT2D eigenvalue weighted by Crippen LogP contribution is 2.47. The van der Waals surface area contributed by atoms with Crippen LogP contribution < -0.4 is 9.83 Å². The Morgan fingerprint density at radius 3 is 2.35 bits per heavy atom. The Kier molecular flexibility index (Phi) is 4.72. The molecule has 4 nitrogen and oxygen atoms in total. The van der Waals surface area contributed by atoms with Crippen molar-refractivity contribution in [2.75, 3.05) is 6.61 Å². The van der Waals surface area contributed by atoms with Gasteiger partial charge in [0.05, 0.1) is 17.5 Å². The zero-order valence-corrected chi connectivity index (χ0v) is 12.0. The molecule has 104 valence electrons. The predicted octanol–water partition coefficient (Wildman–Crippen LogP) is 3.43. The maximum atomic E-state index is 12.9. The molecule has 0 bridgehead atoms. The Labute approximate surface area is 117 Å². The number of hydrogen-bond donors (Lipinski definition) is 0. The van der Waals surface area contributed by atoms with Gasteiger partial charge >= 0.3 is 7.60 Å². The smallest absolute Gasteiger partial charge is 0.410 e. The van der Waals surface area contributed by atoms with Gasteiger partial charge in [-0.25, -0.2) is 4.57 Å². The van der Waals surface area contributed by atoms with Crippen LogP contribution in [-0.4, -0.2) is 12.9 Å². The van der Waals surface area contributed by atoms with Crippen LogP contribution in [0.3, 0.4) is 0 Å². The maximum Gasteiger partial charge on any atom is 0.410 e. The number of hydrogen-bond acceptors (Lipinski definition) is 4. The summed E-state index contributed by atoms with van der Waals surface area (Å²) in [7, 11) is -3.49. The van der Waals surface area contributed by atoms with Crippen LogP contribution in [0.1, 0.15) is 17.3 Å². The lowest BCUT2D eigenvalue weighted by Crippen LogP contribution is -2.12. The highest BCUT2D eigenvalue weighted by molar-refractivity contribution is 7.62. The Morgan fingerprint density at radius 1 is 1.05 bits per heavy atom. The first-order chi connectivity index (χ1) is 9.69. The van der Waals surface area contributed by atoms with Crippen LogP contribution in [0.2, 0.25) is 0 Å². The molecule has 20 heavy (non-hydrogen) atoms. The van der Waals surface area contributed by atoms with Gasteiger partial charge in [-0.2, -0.15) is 0 Å². The monoisotopic (exact) mass is 290 g/mol. The van der Waals surface area contributed by atoms with Crippen molar-refractivity contribution in [2.45, 2.75) is 6.92 Å². The summed E-state index contributed by atoms with van der Waals surface area (Å²) in [6, 6.07) is 15.3. The van der Waals surface area contributed by atoms with Crippen molar-refractivity contribution < 1.29 is 18.4 Å². The fraction of sp³-hybridized carbons (Fsp3) is 0.133. The third kappa shape index (κ3) is 3.16. The van der Waals surface area contributed by atoms with Crippen LogP contribution in [-0.2, 0) is 9.09 Å². The average Bonchev–Trinajstić information content (AvgIpc) is 2.49. The first kappa shape index (κ1) is 14.5. The van der Waals surface area contributed by atoms with E-state index >= 15 is 0 Å². The van der Waals surface area contributed by atoms with E-state index in [2.05, 4.69) is 0 Å². The zero-order chi connectivity index (χ0) is 14.4. The summed E-state index contributed by atoms with van der Waals surface area (Å²) in [6.45, 7) is 1.99. The molecule has 0 heterocycles. The molecular weight excluding hydrogens is 275 g/mol. The lowest BCUT2D eigenvalue weighted by atomic mass is 10.2. The van der Waals surface area contributed by atoms with E-state index in [0.717, 1.165) is 0 Å². The molecule has 1 unspecified atom stereocenters. The molecule has 0 amide bonds. The molecule has 0 aliphatic carbocycles. The second-order valence-electron chi connectivity index (χ2n) is 4.00. The minimum atomic E-state index is -3.49. The molecule has 0 N–H and O–H groups in total. The molecule has 5 heteroatoms. The second kappa shape index (κ2) is 6.51. The molecule has 1 atom stereocenters. The molecule has 0 radical (unpaired) electrons. The summed E-state index contributed by atoms with van der Waals surface area (Å²) in [5, 5.41) is 0.461. The van der Waals surface area contributed by atoms with Crippen molar-refractivity contribution in [2.24, 2.45) is 0 Å². The summed E-state index contributed by atoms with van der Waals surface area (Å²) in [6.07, 6.45) is 0.663. The summed E-state index contributed by atoms with van der Waals surface area (Å²) in [4.78, 5) is 11.0. The fourth-order valence-electron chi connectivity index (χ4n) is 1.72. The topological polar surface area (TPSA) is 52.6 Å². The van der Waals surface area contributed by atoms with E-state index in [0.29, 0.717) is 17.2 Å². The number of carbonyl (C=O) groups excluding carboxylic acids is 1. The highest BCUT2D eigenvalue weighted by Gasteiger charge is 2.29. The van der Waals surface area contributed by atoms with Gasteiger partial charge in [0.2, 0.25) is 0 Å². The first-order valence-corrected chi connectivity index (χ1v) is 7.78. The maximum absolute atomic E-state index is 12.9. The normalized spacial score (nSPS) is 13.4. The van der Waals surface area contributed by atoms with E-state index in [1.54, 1.807) is 55.5 Å². The average molecular weight is 290 g/mol. The molecule has 0 aliphatic rings. The molecule has 0 aliphatic heterocycles. The van der Waals surface area contributed by atoms with Crippen molar-refractivity contribution in [3.8, 4) is 5.75 Å². The second-order valence-corrected chi connectivity index (χ2v) is 5.95. The quantitative estimate of drug-likeness (QED) is 0.604. The van der Waals surface area contributed by atoms with E-state index in [4.69, 9.17) is 9.05 Å². The van der Waals surface area contributed by atoms with Crippen LogP contribution in [0.15, 0.2) is 54.6 Å². The van der Waals surface area contributed by atoms with Gasteiger partial charge in [-0.15, -0.1) is 0 Å². The van der Waals surface area contributed by atoms with E-state index < -0.39 is 7.60 Å². The van der Waals surface area contributed by atoms with Gasteiger partial charge in [0.1, 0.15) is 5.75 Å². The van der Waals surface area contributed by atoms with Gasteiger partial charge < -0.3 is 4.52 Å². The summed E-state index contributed by atoms with van der Waals surface area (Å²) < 4.78 is 23.8. The van der Waals surface area contributed by atoms with Gasteiger partial charge in [0.25, 0.3) is 0 Å². The van der Waals surface area contributed by atoms with Crippen molar-refractivity contribution in [1.29, 1.82) is 0 Å². The van der Waals surface area contributed by atoms with E-state index in [1.807, 2.05) is 6.07 Å². The van der Waals surface area contributed by atoms with Gasteiger partial charge in [0, 0.05) is 0 Å². The van der Waals surface area contributed by atoms with Crippen LogP contribution in [0.25, 0.3) is 0 Å². The largest absolute Gasteiger partial charge is 0.420 e. The summed E-state index contributed by atoms with van der Waals surface area (Å²) in [5.74, 6) is 0.253. The van der Waals surface area contributed by atoms with Crippen LogP contribution in [0.4, 0.5) is 0 Å². The molecular formula is C15H15O4P. The molecule has 0 saturated carbocycles. The molecule has 0 fully saturated rings. The molecule has 0 saturated heterocycles. The first-order valence-electron chi connectivity index (χ1n) is 6.23. The summed E-state index contributed by atoms with van der Waals surface area (Å²) >= 11 is 0. The number of para-hydroxylation sites is 1. The van der Waals surface area contributed by atoms with Gasteiger partial charge in [-0.05, 0) is 31.2 Å². The van der Waals surface area contributed by atoms with Crippen molar-refractivity contribution in [3.63, 3.8) is 0 Å². The molecule has 2 aromatic rings. The molecule has 2 aromatic carbocycles. The van der Waals surface area contributed by atoms with Gasteiger partial charge in [-0.3, -0.25) is 9.32 Å². The van der Waals surface area contributed by atoms with Crippen molar-refractivity contribution in [3.05, 3.63) is 60.2 Å². The van der Waals surface area contributed by atoms with Gasteiger partial charge in [0.15, 0.2) is 6.29 Å². The highest BCUT2D eigenvalue weighted by atomic mass is 31.2. The van der Waals surface area contributed by atoms with E-state index in [1.165, 1.54) is 0 Å². The molecule has 0 aromatic heterocycles.